The van der Waals surface area contributed by atoms with Crippen molar-refractivity contribution in [2.75, 3.05) is 0 Å². The Morgan fingerprint density at radius 1 is 1.10 bits per heavy atom. The summed E-state index contributed by atoms with van der Waals surface area (Å²) in [6.07, 6.45) is 7.75. The minimum absolute atomic E-state index is 0.310. The molecule has 3 fully saturated rings. The average molecular weight is 278 g/mol. The zero-order valence-electron chi connectivity index (χ0n) is 11.9. The highest BCUT2D eigenvalue weighted by molar-refractivity contribution is 6.00. The number of carbonyl (C=O) groups excluding carboxylic acids is 1. The van der Waals surface area contributed by atoms with Crippen molar-refractivity contribution in [2.24, 2.45) is 29.6 Å². The molecule has 5 rings (SSSR count). The first-order valence-corrected chi connectivity index (χ1v) is 7.97. The normalized spacial score (nSPS) is 35.7. The lowest BCUT2D eigenvalue weighted by Crippen LogP contribution is -2.09. The second-order valence-corrected chi connectivity index (χ2v) is 6.89. The lowest BCUT2D eigenvalue weighted by molar-refractivity contribution is 0.0944. The first-order valence-electron chi connectivity index (χ1n) is 7.97. The Labute approximate surface area is 124 Å². The first kappa shape index (κ1) is 11.7. The lowest BCUT2D eigenvalue weighted by atomic mass is 9.98. The molecule has 3 aliphatic carbocycles. The number of ketones is 1. The Morgan fingerprint density at radius 2 is 1.81 bits per heavy atom. The molecule has 1 aromatic carbocycles. The molecule has 2 aromatic rings. The van der Waals surface area contributed by atoms with Gasteiger partial charge in [0.1, 0.15) is 0 Å². The van der Waals surface area contributed by atoms with Gasteiger partial charge in [0.15, 0.2) is 5.78 Å². The molecule has 1 heterocycles. The van der Waals surface area contributed by atoms with E-state index >= 15 is 0 Å². The number of hydrogen-bond donors (Lipinski definition) is 0. The first-order chi connectivity index (χ1) is 10.3. The number of para-hydroxylation sites is 1. The molecule has 1 aromatic heterocycles. The van der Waals surface area contributed by atoms with Crippen molar-refractivity contribution in [1.82, 2.24) is 9.78 Å². The van der Waals surface area contributed by atoms with Crippen LogP contribution in [0.3, 0.4) is 0 Å². The molecule has 3 heteroatoms. The maximum absolute atomic E-state index is 12.7. The maximum Gasteiger partial charge on any atom is 0.169 e. The van der Waals surface area contributed by atoms with E-state index in [1.54, 1.807) is 10.9 Å². The van der Waals surface area contributed by atoms with Gasteiger partial charge >= 0.3 is 0 Å². The number of carbonyl (C=O) groups is 1. The Balaban J connectivity index is 1.40. The third-order valence-electron chi connectivity index (χ3n) is 5.93. The highest BCUT2D eigenvalue weighted by atomic mass is 16.1. The Kier molecular flexibility index (Phi) is 2.27. The monoisotopic (exact) mass is 278 g/mol. The van der Waals surface area contributed by atoms with Crippen molar-refractivity contribution < 1.29 is 4.79 Å². The van der Waals surface area contributed by atoms with Crippen LogP contribution in [0.5, 0.6) is 0 Å². The number of aromatic nitrogens is 2. The molecule has 0 radical (unpaired) electrons. The molecular weight excluding hydrogens is 260 g/mol. The van der Waals surface area contributed by atoms with E-state index < -0.39 is 0 Å². The van der Waals surface area contributed by atoms with Gasteiger partial charge < -0.3 is 0 Å². The summed E-state index contributed by atoms with van der Waals surface area (Å²) in [5.41, 5.74) is 1.80. The number of fused-ring (bicyclic) bond motifs is 5. The van der Waals surface area contributed by atoms with Gasteiger partial charge in [0.05, 0.1) is 17.4 Å². The van der Waals surface area contributed by atoms with Crippen LogP contribution in [-0.2, 0) is 0 Å². The molecule has 4 unspecified atom stereocenters. The molecule has 0 amide bonds. The molecule has 0 N–H and O–H groups in total. The smallest absolute Gasteiger partial charge is 0.169 e. The van der Waals surface area contributed by atoms with Crippen molar-refractivity contribution >= 4 is 5.78 Å². The number of Topliss-reactive ketones (excluding diaryl/α,β-unsaturated/α-hetero) is 1. The maximum atomic E-state index is 12.7. The van der Waals surface area contributed by atoms with Crippen LogP contribution in [0.25, 0.3) is 5.69 Å². The van der Waals surface area contributed by atoms with Crippen LogP contribution in [-0.4, -0.2) is 15.6 Å². The van der Waals surface area contributed by atoms with Gasteiger partial charge in [-0.05, 0) is 55.1 Å². The van der Waals surface area contributed by atoms with Gasteiger partial charge in [-0.2, -0.15) is 5.10 Å². The highest BCUT2D eigenvalue weighted by Crippen LogP contribution is 2.69. The summed E-state index contributed by atoms with van der Waals surface area (Å²) in [4.78, 5) is 12.7. The quantitative estimate of drug-likeness (QED) is 0.807. The SMILES string of the molecule is O=C(c1cnn(-c2ccccc2)c1)C1C2C3CCC(C3)C12. The summed E-state index contributed by atoms with van der Waals surface area (Å²) in [7, 11) is 0. The van der Waals surface area contributed by atoms with Crippen molar-refractivity contribution in [3.8, 4) is 5.69 Å². The Bertz CT molecular complexity index is 689. The average Bonchev–Trinajstić information content (AvgIpc) is 2.93. The van der Waals surface area contributed by atoms with E-state index in [0.717, 1.165) is 23.1 Å². The van der Waals surface area contributed by atoms with Crippen LogP contribution in [0.4, 0.5) is 0 Å². The summed E-state index contributed by atoms with van der Waals surface area (Å²) in [6.45, 7) is 0. The Hall–Kier alpha value is -1.90. The van der Waals surface area contributed by atoms with Gasteiger partial charge in [-0.15, -0.1) is 0 Å². The van der Waals surface area contributed by atoms with Gasteiger partial charge in [0, 0.05) is 12.1 Å². The molecule has 3 saturated carbocycles. The van der Waals surface area contributed by atoms with Crippen LogP contribution in [0.1, 0.15) is 29.6 Å². The van der Waals surface area contributed by atoms with Gasteiger partial charge in [-0.3, -0.25) is 4.79 Å². The fraction of sp³-hybridized carbons (Fsp3) is 0.444. The highest BCUT2D eigenvalue weighted by Gasteiger charge is 2.67. The molecule has 3 nitrogen and oxygen atoms in total. The second kappa shape index (κ2) is 4.06. The molecule has 2 bridgehead atoms. The van der Waals surface area contributed by atoms with Gasteiger partial charge in [0.2, 0.25) is 0 Å². The standard InChI is InChI=1S/C18H18N2O/c21-18(17-15-11-6-7-12(8-11)16(15)17)13-9-19-20(10-13)14-4-2-1-3-5-14/h1-5,9-12,15-17H,6-8H2. The minimum Gasteiger partial charge on any atom is -0.294 e. The van der Waals surface area contributed by atoms with E-state index in [1.165, 1.54) is 19.3 Å². The number of nitrogens with zero attached hydrogens (tertiary/aromatic N) is 2. The van der Waals surface area contributed by atoms with E-state index in [9.17, 15) is 4.79 Å². The summed E-state index contributed by atoms with van der Waals surface area (Å²) in [6, 6.07) is 9.98. The number of hydrogen-bond acceptors (Lipinski definition) is 2. The van der Waals surface area contributed by atoms with Crippen LogP contribution >= 0.6 is 0 Å². The number of rotatable bonds is 3. The largest absolute Gasteiger partial charge is 0.294 e. The molecule has 21 heavy (non-hydrogen) atoms. The molecule has 0 aliphatic heterocycles. The van der Waals surface area contributed by atoms with E-state index in [2.05, 4.69) is 5.10 Å². The van der Waals surface area contributed by atoms with Crippen molar-refractivity contribution in [2.45, 2.75) is 19.3 Å². The summed E-state index contributed by atoms with van der Waals surface area (Å²) >= 11 is 0. The van der Waals surface area contributed by atoms with Crippen LogP contribution in [0, 0.1) is 29.6 Å². The predicted molar refractivity (Wildman–Crippen MR) is 79.2 cm³/mol. The number of benzene rings is 1. The summed E-state index contributed by atoms with van der Waals surface area (Å²) in [5.74, 6) is 3.75. The fourth-order valence-corrected chi connectivity index (χ4v) is 5.04. The lowest BCUT2D eigenvalue weighted by Gasteiger charge is -2.06. The topological polar surface area (TPSA) is 34.9 Å². The molecule has 3 aliphatic rings. The van der Waals surface area contributed by atoms with E-state index in [1.807, 2.05) is 36.5 Å². The molecule has 4 atom stereocenters. The van der Waals surface area contributed by atoms with Crippen molar-refractivity contribution in [3.63, 3.8) is 0 Å². The third kappa shape index (κ3) is 1.60. The third-order valence-corrected chi connectivity index (χ3v) is 5.93. The second-order valence-electron chi connectivity index (χ2n) is 6.89. The molecule has 106 valence electrons. The summed E-state index contributed by atoms with van der Waals surface area (Å²) < 4.78 is 1.81. The van der Waals surface area contributed by atoms with E-state index in [4.69, 9.17) is 0 Å². The van der Waals surface area contributed by atoms with Crippen LogP contribution in [0.15, 0.2) is 42.7 Å². The zero-order chi connectivity index (χ0) is 14.0. The van der Waals surface area contributed by atoms with Gasteiger partial charge in [-0.25, -0.2) is 4.68 Å². The van der Waals surface area contributed by atoms with Crippen molar-refractivity contribution in [1.29, 1.82) is 0 Å². The predicted octanol–water partition coefficient (Wildman–Crippen LogP) is 3.35. The van der Waals surface area contributed by atoms with E-state index in [-0.39, 0.29) is 0 Å². The van der Waals surface area contributed by atoms with Gasteiger partial charge in [-0.1, -0.05) is 18.2 Å². The molecule has 0 saturated heterocycles. The zero-order valence-corrected chi connectivity index (χ0v) is 11.9. The molecular formula is C18H18N2O. The Morgan fingerprint density at radius 3 is 2.52 bits per heavy atom. The molecule has 0 spiro atoms. The summed E-state index contributed by atoms with van der Waals surface area (Å²) in [5, 5.41) is 4.36. The fourth-order valence-electron chi connectivity index (χ4n) is 5.04. The van der Waals surface area contributed by atoms with Crippen LogP contribution in [0.2, 0.25) is 0 Å². The minimum atomic E-state index is 0.310. The van der Waals surface area contributed by atoms with Gasteiger partial charge in [0.25, 0.3) is 0 Å². The van der Waals surface area contributed by atoms with Crippen LogP contribution < -0.4 is 0 Å². The van der Waals surface area contributed by atoms with E-state index in [0.29, 0.717) is 23.5 Å². The van der Waals surface area contributed by atoms with Crippen molar-refractivity contribution in [3.05, 3.63) is 48.3 Å².